The quantitative estimate of drug-likeness (QED) is 0.350. The van der Waals surface area contributed by atoms with Gasteiger partial charge in [-0.2, -0.15) is 0 Å². The van der Waals surface area contributed by atoms with Crippen molar-refractivity contribution in [1.29, 1.82) is 0 Å². The third kappa shape index (κ3) is 3.62. The molecule has 1 aromatic heterocycles. The van der Waals surface area contributed by atoms with Gasteiger partial charge in [0.25, 0.3) is 11.7 Å². The first-order valence-electron chi connectivity index (χ1n) is 10.4. The largest absolute Gasteiger partial charge is 0.507 e. The normalized spacial score (nSPS) is 18.3. The predicted octanol–water partition coefficient (Wildman–Crippen LogP) is 3.40. The highest BCUT2D eigenvalue weighted by Gasteiger charge is 2.47. The van der Waals surface area contributed by atoms with E-state index in [2.05, 4.69) is 10.3 Å². The minimum Gasteiger partial charge on any atom is -0.507 e. The van der Waals surface area contributed by atoms with E-state index < -0.39 is 17.7 Å². The summed E-state index contributed by atoms with van der Waals surface area (Å²) in [6.45, 7) is 1.46. The van der Waals surface area contributed by atoms with Crippen molar-refractivity contribution >= 4 is 34.7 Å². The van der Waals surface area contributed by atoms with Crippen molar-refractivity contribution in [2.24, 2.45) is 0 Å². The molecular formula is C25H19N3O6. The number of pyridine rings is 1. The molecule has 2 aliphatic heterocycles. The SMILES string of the molecule is CC(=O)Nc1ccc(N2C(=O)C(=O)/C(=C(\O)c3ccc4c(c3)OCO4)C2c2ccncc2)cc1. The fraction of sp³-hybridized carbons (Fsp3) is 0.120. The maximum Gasteiger partial charge on any atom is 0.300 e. The van der Waals surface area contributed by atoms with Crippen molar-refractivity contribution in [2.75, 3.05) is 17.0 Å². The van der Waals surface area contributed by atoms with Crippen LogP contribution in [-0.4, -0.2) is 34.5 Å². The predicted molar refractivity (Wildman–Crippen MR) is 122 cm³/mol. The van der Waals surface area contributed by atoms with Gasteiger partial charge in [0.1, 0.15) is 5.76 Å². The molecular weight excluding hydrogens is 438 g/mol. The lowest BCUT2D eigenvalue weighted by molar-refractivity contribution is -0.132. The summed E-state index contributed by atoms with van der Waals surface area (Å²) in [5, 5.41) is 13.9. The van der Waals surface area contributed by atoms with Gasteiger partial charge in [-0.05, 0) is 60.2 Å². The number of benzene rings is 2. The molecule has 2 amide bonds. The Hall–Kier alpha value is -4.66. The highest BCUT2D eigenvalue weighted by Crippen LogP contribution is 2.43. The topological polar surface area (TPSA) is 118 Å². The number of nitrogens with zero attached hydrogens (tertiary/aromatic N) is 2. The number of aromatic nitrogens is 1. The number of hydrogen-bond acceptors (Lipinski definition) is 7. The van der Waals surface area contributed by atoms with Crippen LogP contribution in [0.2, 0.25) is 0 Å². The molecule has 1 saturated heterocycles. The van der Waals surface area contributed by atoms with Gasteiger partial charge in [-0.1, -0.05) is 0 Å². The van der Waals surface area contributed by atoms with E-state index in [1.807, 2.05) is 0 Å². The second-order valence-electron chi connectivity index (χ2n) is 7.75. The number of carbonyl (C=O) groups is 3. The van der Waals surface area contributed by atoms with E-state index >= 15 is 0 Å². The molecule has 1 atom stereocenters. The third-order valence-corrected chi connectivity index (χ3v) is 5.58. The lowest BCUT2D eigenvalue weighted by Gasteiger charge is -2.25. The summed E-state index contributed by atoms with van der Waals surface area (Å²) in [7, 11) is 0. The van der Waals surface area contributed by atoms with Gasteiger partial charge in [0.2, 0.25) is 12.7 Å². The summed E-state index contributed by atoms with van der Waals surface area (Å²) < 4.78 is 10.7. The number of anilines is 2. The molecule has 9 heteroatoms. The van der Waals surface area contributed by atoms with Crippen molar-refractivity contribution in [1.82, 2.24) is 4.98 Å². The lowest BCUT2D eigenvalue weighted by Crippen LogP contribution is -2.29. The Morgan fingerprint density at radius 1 is 1.03 bits per heavy atom. The summed E-state index contributed by atoms with van der Waals surface area (Å²) in [6.07, 6.45) is 3.10. The number of aliphatic hydroxyl groups excluding tert-OH is 1. The van der Waals surface area contributed by atoms with Crippen molar-refractivity contribution < 1.29 is 29.0 Å². The Morgan fingerprint density at radius 3 is 2.44 bits per heavy atom. The molecule has 5 rings (SSSR count). The van der Waals surface area contributed by atoms with Gasteiger partial charge in [-0.25, -0.2) is 0 Å². The Bertz CT molecular complexity index is 1330. The molecule has 3 heterocycles. The van der Waals surface area contributed by atoms with Crippen LogP contribution in [0.5, 0.6) is 11.5 Å². The summed E-state index contributed by atoms with van der Waals surface area (Å²) in [5.74, 6) is -1.18. The average Bonchev–Trinajstić information content (AvgIpc) is 3.41. The molecule has 1 fully saturated rings. The van der Waals surface area contributed by atoms with E-state index in [4.69, 9.17) is 9.47 Å². The molecule has 3 aromatic rings. The van der Waals surface area contributed by atoms with Crippen molar-refractivity contribution in [3.05, 3.63) is 83.7 Å². The Morgan fingerprint density at radius 2 is 1.74 bits per heavy atom. The molecule has 1 unspecified atom stereocenters. The van der Waals surface area contributed by atoms with E-state index in [0.717, 1.165) is 0 Å². The number of aliphatic hydroxyl groups is 1. The maximum absolute atomic E-state index is 13.2. The number of nitrogens with one attached hydrogen (secondary N) is 1. The molecule has 2 aromatic carbocycles. The van der Waals surface area contributed by atoms with Crippen molar-refractivity contribution in [2.45, 2.75) is 13.0 Å². The molecule has 2 aliphatic rings. The van der Waals surface area contributed by atoms with Gasteiger partial charge in [0.05, 0.1) is 11.6 Å². The molecule has 170 valence electrons. The molecule has 0 saturated carbocycles. The van der Waals surface area contributed by atoms with Crippen molar-refractivity contribution in [3.8, 4) is 11.5 Å². The van der Waals surface area contributed by atoms with Crippen LogP contribution in [0.15, 0.2) is 72.6 Å². The Balaban J connectivity index is 1.63. The van der Waals surface area contributed by atoms with Crippen LogP contribution >= 0.6 is 0 Å². The maximum atomic E-state index is 13.2. The minimum atomic E-state index is -0.889. The van der Waals surface area contributed by atoms with E-state index in [1.165, 1.54) is 11.8 Å². The Kier molecular flexibility index (Phi) is 5.21. The van der Waals surface area contributed by atoms with E-state index in [0.29, 0.717) is 34.0 Å². The molecule has 2 N–H and O–H groups in total. The molecule has 0 bridgehead atoms. The van der Waals surface area contributed by atoms with Gasteiger partial charge in [0, 0.05) is 36.3 Å². The summed E-state index contributed by atoms with van der Waals surface area (Å²) >= 11 is 0. The van der Waals surface area contributed by atoms with Crippen LogP contribution in [0.1, 0.15) is 24.1 Å². The van der Waals surface area contributed by atoms with Crippen LogP contribution in [0.3, 0.4) is 0 Å². The van der Waals surface area contributed by atoms with Crippen LogP contribution < -0.4 is 19.7 Å². The van der Waals surface area contributed by atoms with Crippen LogP contribution in [0.4, 0.5) is 11.4 Å². The number of ketones is 1. The molecule has 34 heavy (non-hydrogen) atoms. The molecule has 9 nitrogen and oxygen atoms in total. The fourth-order valence-corrected chi connectivity index (χ4v) is 4.07. The van der Waals surface area contributed by atoms with Crippen LogP contribution in [0, 0.1) is 0 Å². The number of amides is 2. The van der Waals surface area contributed by atoms with Gasteiger partial charge in [-0.3, -0.25) is 24.3 Å². The molecule has 0 spiro atoms. The summed E-state index contributed by atoms with van der Waals surface area (Å²) in [6, 6.07) is 13.8. The van der Waals surface area contributed by atoms with Gasteiger partial charge >= 0.3 is 0 Å². The molecule has 0 radical (unpaired) electrons. The second kappa shape index (κ2) is 8.36. The van der Waals surface area contributed by atoms with Crippen LogP contribution in [0.25, 0.3) is 5.76 Å². The second-order valence-corrected chi connectivity index (χ2v) is 7.75. The lowest BCUT2D eigenvalue weighted by atomic mass is 9.95. The Labute approximate surface area is 194 Å². The first-order valence-corrected chi connectivity index (χ1v) is 10.4. The van der Waals surface area contributed by atoms with Gasteiger partial charge < -0.3 is 19.9 Å². The smallest absolute Gasteiger partial charge is 0.300 e. The zero-order valence-electron chi connectivity index (χ0n) is 18.0. The standard InChI is InChI=1S/C25H19N3O6/c1-14(29)27-17-3-5-18(6-4-17)28-22(15-8-10-26-11-9-15)21(24(31)25(28)32)23(30)16-2-7-19-20(12-16)34-13-33-19/h2-12,22,30H,13H2,1H3,(H,27,29)/b23-21-. The number of rotatable bonds is 4. The number of Topliss-reactive ketones (excluding diaryl/α,β-unsaturated/α-hetero) is 1. The minimum absolute atomic E-state index is 0.0546. The zero-order chi connectivity index (χ0) is 23.8. The van der Waals surface area contributed by atoms with Crippen molar-refractivity contribution in [3.63, 3.8) is 0 Å². The zero-order valence-corrected chi connectivity index (χ0v) is 18.0. The van der Waals surface area contributed by atoms with E-state index in [9.17, 15) is 19.5 Å². The number of hydrogen-bond donors (Lipinski definition) is 2. The van der Waals surface area contributed by atoms with Crippen LogP contribution in [-0.2, 0) is 14.4 Å². The molecule has 0 aliphatic carbocycles. The number of ether oxygens (including phenoxy) is 2. The first kappa shape index (κ1) is 21.2. The highest BCUT2D eigenvalue weighted by atomic mass is 16.7. The highest BCUT2D eigenvalue weighted by molar-refractivity contribution is 6.51. The van der Waals surface area contributed by atoms with Gasteiger partial charge in [0.15, 0.2) is 11.5 Å². The fourth-order valence-electron chi connectivity index (χ4n) is 4.07. The number of fused-ring (bicyclic) bond motifs is 1. The van der Waals surface area contributed by atoms with E-state index in [1.54, 1.807) is 67.0 Å². The van der Waals surface area contributed by atoms with E-state index in [-0.39, 0.29) is 24.0 Å². The average molecular weight is 457 g/mol. The number of carbonyl (C=O) groups excluding carboxylic acids is 3. The third-order valence-electron chi connectivity index (χ3n) is 5.58. The monoisotopic (exact) mass is 457 g/mol. The summed E-state index contributed by atoms with van der Waals surface area (Å²) in [5.41, 5.74) is 1.85. The van der Waals surface area contributed by atoms with Gasteiger partial charge in [-0.15, -0.1) is 0 Å². The summed E-state index contributed by atoms with van der Waals surface area (Å²) in [4.78, 5) is 43.1. The first-order chi connectivity index (χ1) is 16.4.